The zero-order valence-electron chi connectivity index (χ0n) is 27.7. The largest absolute Gasteiger partial charge is 0.507 e. The highest BCUT2D eigenvalue weighted by Crippen LogP contribution is 2.41. The topological polar surface area (TPSA) is 50.9 Å². The Morgan fingerprint density at radius 2 is 1.33 bits per heavy atom. The van der Waals surface area contributed by atoms with Gasteiger partial charge in [-0.05, 0) is 119 Å². The molecular formula is C44H39N3O. The molecule has 0 radical (unpaired) electrons. The Kier molecular flexibility index (Phi) is 7.44. The van der Waals surface area contributed by atoms with Gasteiger partial charge in [-0.2, -0.15) is 0 Å². The first-order chi connectivity index (χ1) is 23.3. The predicted molar refractivity (Wildman–Crippen MR) is 198 cm³/mol. The lowest BCUT2D eigenvalue weighted by Crippen LogP contribution is -2.11. The Hall–Kier alpha value is -5.48. The van der Waals surface area contributed by atoms with Gasteiger partial charge in [-0.15, -0.1) is 0 Å². The highest BCUT2D eigenvalue weighted by atomic mass is 16.3. The summed E-state index contributed by atoms with van der Waals surface area (Å²) in [5.41, 5.74) is 13.8. The van der Waals surface area contributed by atoms with E-state index in [0.29, 0.717) is 0 Å². The molecule has 48 heavy (non-hydrogen) atoms. The van der Waals surface area contributed by atoms with Crippen molar-refractivity contribution in [2.45, 2.75) is 51.9 Å². The molecule has 1 N–H and O–H groups in total. The number of fused-ring (bicyclic) bond motifs is 2. The zero-order chi connectivity index (χ0) is 32.8. The molecule has 2 aromatic heterocycles. The van der Waals surface area contributed by atoms with Crippen LogP contribution in [0.15, 0.2) is 128 Å². The van der Waals surface area contributed by atoms with Crippen molar-refractivity contribution >= 4 is 11.0 Å². The van der Waals surface area contributed by atoms with Gasteiger partial charge >= 0.3 is 0 Å². The van der Waals surface area contributed by atoms with Crippen molar-refractivity contribution < 1.29 is 5.11 Å². The summed E-state index contributed by atoms with van der Waals surface area (Å²) in [4.78, 5) is 10.2. The maximum Gasteiger partial charge on any atom is 0.149 e. The Morgan fingerprint density at radius 3 is 2.08 bits per heavy atom. The molecule has 7 aromatic rings. The zero-order valence-corrected chi connectivity index (χ0v) is 27.7. The quantitative estimate of drug-likeness (QED) is 0.207. The van der Waals surface area contributed by atoms with Crippen molar-refractivity contribution in [3.8, 4) is 56.3 Å². The molecule has 4 heteroatoms. The van der Waals surface area contributed by atoms with Crippen LogP contribution in [-0.2, 0) is 18.3 Å². The third kappa shape index (κ3) is 5.47. The van der Waals surface area contributed by atoms with Crippen molar-refractivity contribution in [3.63, 3.8) is 0 Å². The van der Waals surface area contributed by atoms with Gasteiger partial charge in [0.2, 0.25) is 0 Å². The van der Waals surface area contributed by atoms with Crippen molar-refractivity contribution in [1.29, 1.82) is 0 Å². The van der Waals surface area contributed by atoms with Gasteiger partial charge in [-0.25, -0.2) is 4.98 Å². The van der Waals surface area contributed by atoms with E-state index in [-0.39, 0.29) is 11.2 Å². The van der Waals surface area contributed by atoms with Gasteiger partial charge in [0.15, 0.2) is 0 Å². The maximum atomic E-state index is 11.4. The summed E-state index contributed by atoms with van der Waals surface area (Å²) < 4.78 is 2.20. The molecule has 0 unspecified atom stereocenters. The van der Waals surface area contributed by atoms with Crippen LogP contribution in [-0.4, -0.2) is 19.6 Å². The molecule has 0 saturated carbocycles. The van der Waals surface area contributed by atoms with Crippen molar-refractivity contribution in [2.75, 3.05) is 0 Å². The minimum atomic E-state index is -0.0842. The summed E-state index contributed by atoms with van der Waals surface area (Å²) in [5, 5.41) is 11.4. The van der Waals surface area contributed by atoms with Crippen LogP contribution < -0.4 is 0 Å². The van der Waals surface area contributed by atoms with Crippen LogP contribution in [0.3, 0.4) is 0 Å². The molecular weight excluding hydrogens is 587 g/mol. The molecule has 2 heterocycles. The first kappa shape index (κ1) is 29.9. The minimum Gasteiger partial charge on any atom is -0.507 e. The first-order valence-corrected chi connectivity index (χ1v) is 16.9. The number of phenols is 1. The standard InChI is InChI=1S/C44H39N3O/c1-44(2,3)35-24-33(23-34(25-35)39-27-32(21-22-45-39)29-13-6-4-7-14-29)37-19-12-20-40-42(37)46-43(47(40)36-17-8-5-9-18-36)38-26-30-15-10-11-16-31(30)28-41(38)48/h4-9,12-14,17-28,48H,10-11,15-16H2,1-3H3. The highest BCUT2D eigenvalue weighted by molar-refractivity contribution is 5.97. The number of imidazole rings is 1. The fourth-order valence-electron chi connectivity index (χ4n) is 7.07. The van der Waals surface area contributed by atoms with E-state index in [4.69, 9.17) is 9.97 Å². The summed E-state index contributed by atoms with van der Waals surface area (Å²) in [6, 6.07) is 42.5. The smallest absolute Gasteiger partial charge is 0.149 e. The number of para-hydroxylation sites is 2. The van der Waals surface area contributed by atoms with Crippen molar-refractivity contribution in [3.05, 3.63) is 144 Å². The lowest BCUT2D eigenvalue weighted by molar-refractivity contribution is 0.474. The lowest BCUT2D eigenvalue weighted by Gasteiger charge is -2.22. The molecule has 5 aromatic carbocycles. The number of pyridine rings is 1. The first-order valence-electron chi connectivity index (χ1n) is 16.9. The Balaban J connectivity index is 1.35. The Labute approximate surface area is 282 Å². The van der Waals surface area contributed by atoms with Crippen molar-refractivity contribution in [1.82, 2.24) is 14.5 Å². The number of nitrogens with zero attached hydrogens (tertiary/aromatic N) is 3. The molecule has 0 spiro atoms. The second-order valence-electron chi connectivity index (χ2n) is 14.0. The van der Waals surface area contributed by atoms with E-state index in [9.17, 15) is 5.11 Å². The molecule has 8 rings (SSSR count). The van der Waals surface area contributed by atoms with E-state index in [1.807, 2.05) is 24.4 Å². The maximum absolute atomic E-state index is 11.4. The van der Waals surface area contributed by atoms with E-state index < -0.39 is 0 Å². The number of aromatic hydroxyl groups is 1. The van der Waals surface area contributed by atoms with E-state index in [0.717, 1.165) is 68.9 Å². The van der Waals surface area contributed by atoms with Gasteiger partial charge in [-0.1, -0.05) is 87.5 Å². The summed E-state index contributed by atoms with van der Waals surface area (Å²) in [6.45, 7) is 6.77. The second kappa shape index (κ2) is 12.0. The van der Waals surface area contributed by atoms with E-state index in [1.54, 1.807) is 0 Å². The van der Waals surface area contributed by atoms with Gasteiger partial charge in [0.25, 0.3) is 0 Å². The fourth-order valence-corrected chi connectivity index (χ4v) is 7.07. The van der Waals surface area contributed by atoms with Crippen LogP contribution in [0.25, 0.3) is 61.6 Å². The summed E-state index contributed by atoms with van der Waals surface area (Å²) in [7, 11) is 0. The van der Waals surface area contributed by atoms with E-state index >= 15 is 0 Å². The van der Waals surface area contributed by atoms with Crippen molar-refractivity contribution in [2.24, 2.45) is 0 Å². The predicted octanol–water partition coefficient (Wildman–Crippen LogP) is 11.0. The fraction of sp³-hybridized carbons (Fsp3) is 0.182. The normalized spacial score (nSPS) is 13.1. The number of benzene rings is 5. The average molecular weight is 626 g/mol. The summed E-state index contributed by atoms with van der Waals surface area (Å²) >= 11 is 0. The number of aryl methyl sites for hydroxylation is 2. The summed E-state index contributed by atoms with van der Waals surface area (Å²) in [5.74, 6) is 1.03. The van der Waals surface area contributed by atoms with Crippen LogP contribution >= 0.6 is 0 Å². The molecule has 1 aliphatic rings. The Bertz CT molecular complexity index is 2280. The molecule has 236 valence electrons. The number of hydrogen-bond acceptors (Lipinski definition) is 3. The molecule has 0 saturated heterocycles. The molecule has 1 aliphatic carbocycles. The number of rotatable bonds is 5. The monoisotopic (exact) mass is 625 g/mol. The number of phenolic OH excluding ortho intramolecular Hbond substituents is 1. The lowest BCUT2D eigenvalue weighted by atomic mass is 9.83. The van der Waals surface area contributed by atoms with Crippen LogP contribution in [0.1, 0.15) is 50.3 Å². The number of hydrogen-bond donors (Lipinski definition) is 1. The van der Waals surface area contributed by atoms with Crippen LogP contribution in [0.5, 0.6) is 5.75 Å². The molecule has 0 fully saturated rings. The molecule has 0 bridgehead atoms. The van der Waals surface area contributed by atoms with Gasteiger partial charge in [0.05, 0.1) is 22.3 Å². The van der Waals surface area contributed by atoms with Crippen LogP contribution in [0, 0.1) is 0 Å². The van der Waals surface area contributed by atoms with Crippen LogP contribution in [0.4, 0.5) is 0 Å². The molecule has 0 atom stereocenters. The van der Waals surface area contributed by atoms with Gasteiger partial charge in [-0.3, -0.25) is 9.55 Å². The Morgan fingerprint density at radius 1 is 0.625 bits per heavy atom. The molecule has 0 aliphatic heterocycles. The molecule has 0 amide bonds. The van der Waals surface area contributed by atoms with Crippen LogP contribution in [0.2, 0.25) is 0 Å². The summed E-state index contributed by atoms with van der Waals surface area (Å²) in [6.07, 6.45) is 6.28. The highest BCUT2D eigenvalue weighted by Gasteiger charge is 2.23. The van der Waals surface area contributed by atoms with E-state index in [1.165, 1.54) is 35.1 Å². The third-order valence-electron chi connectivity index (χ3n) is 9.67. The third-order valence-corrected chi connectivity index (χ3v) is 9.67. The van der Waals surface area contributed by atoms with Gasteiger partial charge < -0.3 is 5.11 Å². The average Bonchev–Trinajstić information content (AvgIpc) is 3.51. The van der Waals surface area contributed by atoms with Gasteiger partial charge in [0.1, 0.15) is 11.6 Å². The molecule has 4 nitrogen and oxygen atoms in total. The second-order valence-corrected chi connectivity index (χ2v) is 14.0. The SMILES string of the molecule is CC(C)(C)c1cc(-c2cc(-c3ccccc3)ccn2)cc(-c2cccc3c2nc(-c2cc4c(cc2O)CCCC4)n3-c2ccccc2)c1. The van der Waals surface area contributed by atoms with E-state index in [2.05, 4.69) is 128 Å². The number of aromatic nitrogens is 3. The minimum absolute atomic E-state index is 0.0842. The van der Waals surface area contributed by atoms with Gasteiger partial charge in [0, 0.05) is 23.0 Å².